The molecule has 2 aromatic carbocycles. The van der Waals surface area contributed by atoms with Crippen molar-refractivity contribution in [3.05, 3.63) is 64.1 Å². The summed E-state index contributed by atoms with van der Waals surface area (Å²) in [6.07, 6.45) is 0. The summed E-state index contributed by atoms with van der Waals surface area (Å²) in [5.41, 5.74) is 2.21. The molecule has 1 N–H and O–H groups in total. The number of rotatable bonds is 5. The third-order valence-electron chi connectivity index (χ3n) is 3.12. The van der Waals surface area contributed by atoms with Crippen molar-refractivity contribution < 1.29 is 9.53 Å². The van der Waals surface area contributed by atoms with Gasteiger partial charge >= 0.3 is 0 Å². The predicted molar refractivity (Wildman–Crippen MR) is 87.4 cm³/mol. The van der Waals surface area contributed by atoms with Crippen LogP contribution in [0.4, 0.5) is 0 Å². The zero-order valence-electron chi connectivity index (χ0n) is 12.1. The van der Waals surface area contributed by atoms with E-state index in [-0.39, 0.29) is 18.6 Å². The van der Waals surface area contributed by atoms with Gasteiger partial charge in [0.1, 0.15) is 5.75 Å². The van der Waals surface area contributed by atoms with Crippen LogP contribution in [-0.4, -0.2) is 12.5 Å². The molecule has 0 radical (unpaired) electrons. The van der Waals surface area contributed by atoms with E-state index in [0.717, 1.165) is 15.6 Å². The third-order valence-corrected chi connectivity index (χ3v) is 3.74. The number of ether oxygens (including phenoxy) is 1. The van der Waals surface area contributed by atoms with E-state index < -0.39 is 0 Å². The number of benzene rings is 2. The van der Waals surface area contributed by atoms with Gasteiger partial charge in [0.2, 0.25) is 0 Å². The van der Waals surface area contributed by atoms with Gasteiger partial charge in [0, 0.05) is 0 Å². The number of hydrogen-bond donors (Lipinski definition) is 1. The number of carbonyl (C=O) groups excluding carboxylic acids is 1. The van der Waals surface area contributed by atoms with Gasteiger partial charge in [-0.05, 0) is 53.0 Å². The molecule has 110 valence electrons. The van der Waals surface area contributed by atoms with Crippen molar-refractivity contribution >= 4 is 21.8 Å². The van der Waals surface area contributed by atoms with Crippen LogP contribution in [0.15, 0.2) is 53.0 Å². The van der Waals surface area contributed by atoms with Gasteiger partial charge in [-0.2, -0.15) is 0 Å². The second-order valence-electron chi connectivity index (χ2n) is 4.92. The minimum absolute atomic E-state index is 0.00116. The van der Waals surface area contributed by atoms with E-state index in [9.17, 15) is 4.79 Å². The Hall–Kier alpha value is -1.81. The van der Waals surface area contributed by atoms with Gasteiger partial charge in [0.25, 0.3) is 5.91 Å². The number of amides is 1. The first-order chi connectivity index (χ1) is 10.1. The molecule has 1 amide bonds. The Balaban J connectivity index is 1.87. The van der Waals surface area contributed by atoms with Crippen molar-refractivity contribution in [3.63, 3.8) is 0 Å². The van der Waals surface area contributed by atoms with Gasteiger partial charge < -0.3 is 10.1 Å². The topological polar surface area (TPSA) is 38.3 Å². The van der Waals surface area contributed by atoms with Crippen LogP contribution in [0.2, 0.25) is 0 Å². The molecule has 0 fully saturated rings. The molecule has 0 spiro atoms. The van der Waals surface area contributed by atoms with Gasteiger partial charge in [-0.25, -0.2) is 0 Å². The SMILES string of the molecule is Cc1ccc(OCC(=O)NC(C)c2ccccc2)c(Br)c1. The fourth-order valence-corrected chi connectivity index (χ4v) is 2.58. The van der Waals surface area contributed by atoms with Crippen LogP contribution in [-0.2, 0) is 4.79 Å². The first kappa shape index (κ1) is 15.6. The molecular formula is C17H18BrNO2. The molecule has 0 heterocycles. The van der Waals surface area contributed by atoms with Crippen LogP contribution in [0.1, 0.15) is 24.1 Å². The van der Waals surface area contributed by atoms with Crippen LogP contribution in [0.3, 0.4) is 0 Å². The normalized spacial score (nSPS) is 11.8. The van der Waals surface area contributed by atoms with Gasteiger partial charge in [0.15, 0.2) is 6.61 Å². The molecule has 2 aromatic rings. The molecule has 0 aliphatic rings. The second-order valence-corrected chi connectivity index (χ2v) is 5.78. The van der Waals surface area contributed by atoms with E-state index in [2.05, 4.69) is 21.2 Å². The molecule has 0 bridgehead atoms. The van der Waals surface area contributed by atoms with E-state index in [0.29, 0.717) is 5.75 Å². The first-order valence-electron chi connectivity index (χ1n) is 6.79. The Morgan fingerprint density at radius 3 is 2.62 bits per heavy atom. The Bertz CT molecular complexity index is 613. The summed E-state index contributed by atoms with van der Waals surface area (Å²) in [5.74, 6) is 0.530. The number of carbonyl (C=O) groups is 1. The number of nitrogens with one attached hydrogen (secondary N) is 1. The van der Waals surface area contributed by atoms with Crippen LogP contribution in [0.5, 0.6) is 5.75 Å². The van der Waals surface area contributed by atoms with Gasteiger partial charge in [-0.1, -0.05) is 36.4 Å². The molecule has 1 atom stereocenters. The standard InChI is InChI=1S/C17H18BrNO2/c1-12-8-9-16(15(18)10-12)21-11-17(20)19-13(2)14-6-4-3-5-7-14/h3-10,13H,11H2,1-2H3,(H,19,20). The zero-order chi connectivity index (χ0) is 15.2. The summed E-state index contributed by atoms with van der Waals surface area (Å²) in [6, 6.07) is 15.6. The summed E-state index contributed by atoms with van der Waals surface area (Å²) >= 11 is 3.43. The van der Waals surface area contributed by atoms with Crippen LogP contribution in [0.25, 0.3) is 0 Å². The van der Waals surface area contributed by atoms with E-state index >= 15 is 0 Å². The highest BCUT2D eigenvalue weighted by Crippen LogP contribution is 2.25. The highest BCUT2D eigenvalue weighted by Gasteiger charge is 2.10. The average Bonchev–Trinajstić information content (AvgIpc) is 2.47. The predicted octanol–water partition coefficient (Wildman–Crippen LogP) is 4.01. The maximum atomic E-state index is 11.9. The van der Waals surface area contributed by atoms with Gasteiger partial charge in [-0.3, -0.25) is 4.79 Å². The molecule has 21 heavy (non-hydrogen) atoms. The van der Waals surface area contributed by atoms with Crippen molar-refractivity contribution in [3.8, 4) is 5.75 Å². The maximum absolute atomic E-state index is 11.9. The first-order valence-corrected chi connectivity index (χ1v) is 7.59. The quantitative estimate of drug-likeness (QED) is 0.887. The van der Waals surface area contributed by atoms with Crippen LogP contribution < -0.4 is 10.1 Å². The Morgan fingerprint density at radius 2 is 1.95 bits per heavy atom. The molecule has 3 nitrogen and oxygen atoms in total. The van der Waals surface area contributed by atoms with Crippen molar-refractivity contribution in [2.24, 2.45) is 0 Å². The van der Waals surface area contributed by atoms with Crippen LogP contribution in [0, 0.1) is 6.92 Å². The minimum Gasteiger partial charge on any atom is -0.483 e. The molecular weight excluding hydrogens is 330 g/mol. The van der Waals surface area contributed by atoms with E-state index in [4.69, 9.17) is 4.74 Å². The second kappa shape index (κ2) is 7.27. The van der Waals surface area contributed by atoms with E-state index in [1.165, 1.54) is 0 Å². The molecule has 1 unspecified atom stereocenters. The largest absolute Gasteiger partial charge is 0.483 e. The summed E-state index contributed by atoms with van der Waals surface area (Å²) in [5, 5.41) is 2.92. The molecule has 0 aliphatic carbocycles. The van der Waals surface area contributed by atoms with E-state index in [1.807, 2.05) is 62.4 Å². The monoisotopic (exact) mass is 347 g/mol. The highest BCUT2D eigenvalue weighted by atomic mass is 79.9. The maximum Gasteiger partial charge on any atom is 0.258 e. The lowest BCUT2D eigenvalue weighted by molar-refractivity contribution is -0.123. The lowest BCUT2D eigenvalue weighted by Gasteiger charge is -2.15. The molecule has 0 saturated heterocycles. The number of halogens is 1. The smallest absolute Gasteiger partial charge is 0.258 e. The fourth-order valence-electron chi connectivity index (χ4n) is 1.97. The lowest BCUT2D eigenvalue weighted by atomic mass is 10.1. The lowest BCUT2D eigenvalue weighted by Crippen LogP contribution is -2.31. The van der Waals surface area contributed by atoms with Crippen molar-refractivity contribution in [2.45, 2.75) is 19.9 Å². The van der Waals surface area contributed by atoms with Crippen LogP contribution >= 0.6 is 15.9 Å². The zero-order valence-corrected chi connectivity index (χ0v) is 13.7. The number of hydrogen-bond acceptors (Lipinski definition) is 2. The summed E-state index contributed by atoms with van der Waals surface area (Å²) in [6.45, 7) is 3.96. The summed E-state index contributed by atoms with van der Waals surface area (Å²) < 4.78 is 6.38. The molecule has 4 heteroatoms. The average molecular weight is 348 g/mol. The van der Waals surface area contributed by atoms with Crippen molar-refractivity contribution in [1.82, 2.24) is 5.32 Å². The third kappa shape index (κ3) is 4.60. The Labute approximate surface area is 133 Å². The molecule has 0 saturated carbocycles. The molecule has 0 aromatic heterocycles. The van der Waals surface area contributed by atoms with Crippen molar-refractivity contribution in [2.75, 3.05) is 6.61 Å². The van der Waals surface area contributed by atoms with Crippen molar-refractivity contribution in [1.29, 1.82) is 0 Å². The summed E-state index contributed by atoms with van der Waals surface area (Å²) in [7, 11) is 0. The van der Waals surface area contributed by atoms with Gasteiger partial charge in [-0.15, -0.1) is 0 Å². The van der Waals surface area contributed by atoms with Gasteiger partial charge in [0.05, 0.1) is 10.5 Å². The highest BCUT2D eigenvalue weighted by molar-refractivity contribution is 9.10. The minimum atomic E-state index is -0.140. The summed E-state index contributed by atoms with van der Waals surface area (Å²) in [4.78, 5) is 11.9. The molecule has 2 rings (SSSR count). The fraction of sp³-hybridized carbons (Fsp3) is 0.235. The number of aryl methyl sites for hydroxylation is 1. The molecule has 0 aliphatic heterocycles. The Morgan fingerprint density at radius 1 is 1.24 bits per heavy atom. The van der Waals surface area contributed by atoms with E-state index in [1.54, 1.807) is 0 Å². The Kier molecular flexibility index (Phi) is 5.39.